The molecule has 1 aromatic carbocycles. The lowest BCUT2D eigenvalue weighted by Gasteiger charge is -1.95. The van der Waals surface area contributed by atoms with Gasteiger partial charge in [0.2, 0.25) is 0 Å². The average molecular weight is 238 g/mol. The van der Waals surface area contributed by atoms with Crippen LogP contribution in [0.3, 0.4) is 0 Å². The fourth-order valence-corrected chi connectivity index (χ4v) is 1.45. The zero-order valence-corrected chi connectivity index (χ0v) is 9.82. The van der Waals surface area contributed by atoms with E-state index in [1.54, 1.807) is 30.7 Å². The maximum Gasteiger partial charge on any atom is 0.0703 e. The van der Waals surface area contributed by atoms with Crippen molar-refractivity contribution in [2.75, 3.05) is 11.5 Å². The molecule has 4 nitrogen and oxygen atoms in total. The van der Waals surface area contributed by atoms with Gasteiger partial charge in [0.25, 0.3) is 0 Å². The van der Waals surface area contributed by atoms with E-state index in [1.165, 1.54) is 0 Å². The van der Waals surface area contributed by atoms with Crippen molar-refractivity contribution in [3.63, 3.8) is 0 Å². The summed E-state index contributed by atoms with van der Waals surface area (Å²) >= 11 is 0. The lowest BCUT2D eigenvalue weighted by Crippen LogP contribution is -1.85. The molecule has 2 heterocycles. The largest absolute Gasteiger partial charge is 0.399 e. The van der Waals surface area contributed by atoms with Gasteiger partial charge in [0, 0.05) is 23.5 Å². The second-order valence-electron chi connectivity index (χ2n) is 3.74. The van der Waals surface area contributed by atoms with Gasteiger partial charge in [-0.25, -0.2) is 0 Å². The van der Waals surface area contributed by atoms with Crippen molar-refractivity contribution in [1.82, 2.24) is 9.97 Å². The number of hydrogen-bond acceptors (Lipinski definition) is 4. The van der Waals surface area contributed by atoms with Crippen molar-refractivity contribution in [2.45, 2.75) is 0 Å². The smallest absolute Gasteiger partial charge is 0.0703 e. The van der Waals surface area contributed by atoms with Gasteiger partial charge in [0.05, 0.1) is 17.4 Å². The monoisotopic (exact) mass is 238 g/mol. The number of nitrogens with two attached hydrogens (primary N) is 2. The summed E-state index contributed by atoms with van der Waals surface area (Å²) < 4.78 is 0. The highest BCUT2D eigenvalue weighted by Gasteiger charge is 1.91. The number of rotatable bonds is 0. The number of pyridine rings is 2. The molecule has 4 N–H and O–H groups in total. The lowest BCUT2D eigenvalue weighted by molar-refractivity contribution is 1.33. The van der Waals surface area contributed by atoms with E-state index < -0.39 is 0 Å². The van der Waals surface area contributed by atoms with E-state index in [4.69, 9.17) is 11.5 Å². The summed E-state index contributed by atoms with van der Waals surface area (Å²) in [4.78, 5) is 7.92. The van der Waals surface area contributed by atoms with Crippen LogP contribution < -0.4 is 11.5 Å². The zero-order chi connectivity index (χ0) is 12.8. The Kier molecular flexibility index (Phi) is 3.71. The number of nitrogens with zero attached hydrogens (tertiary/aromatic N) is 2. The Balaban J connectivity index is 0.000000149. The van der Waals surface area contributed by atoms with Gasteiger partial charge >= 0.3 is 0 Å². The number of anilines is 2. The summed E-state index contributed by atoms with van der Waals surface area (Å²) in [5.74, 6) is 0. The minimum Gasteiger partial charge on any atom is -0.399 e. The quantitative estimate of drug-likeness (QED) is 0.630. The van der Waals surface area contributed by atoms with Crippen molar-refractivity contribution in [3.8, 4) is 0 Å². The van der Waals surface area contributed by atoms with Crippen LogP contribution in [0, 0.1) is 0 Å². The third kappa shape index (κ3) is 3.18. The number of hydrogen-bond donors (Lipinski definition) is 2. The fourth-order valence-electron chi connectivity index (χ4n) is 1.45. The normalized spacial score (nSPS) is 9.56. The van der Waals surface area contributed by atoms with Crippen LogP contribution >= 0.6 is 0 Å². The standard InChI is InChI=1S/C9H8N2.C5H6N2/c10-8-5-7-3-1-2-4-9(7)11-6-8;6-5-1-3-7-4-2-5/h1-6H,10H2;1-4H,(H2,6,7). The van der Waals surface area contributed by atoms with Crippen molar-refractivity contribution < 1.29 is 0 Å². The Morgan fingerprint density at radius 3 is 2.22 bits per heavy atom. The van der Waals surface area contributed by atoms with Gasteiger partial charge < -0.3 is 11.5 Å². The highest BCUT2D eigenvalue weighted by Crippen LogP contribution is 2.12. The van der Waals surface area contributed by atoms with Crippen molar-refractivity contribution in [2.24, 2.45) is 0 Å². The van der Waals surface area contributed by atoms with E-state index in [1.807, 2.05) is 30.3 Å². The molecule has 0 bridgehead atoms. The molecule has 0 aliphatic carbocycles. The molecule has 2 aromatic heterocycles. The van der Waals surface area contributed by atoms with Gasteiger partial charge in [-0.05, 0) is 24.3 Å². The SMILES string of the molecule is Nc1ccncc1.Nc1cnc2ccccc2c1. The van der Waals surface area contributed by atoms with Gasteiger partial charge in [-0.1, -0.05) is 18.2 Å². The van der Waals surface area contributed by atoms with Crippen LogP contribution in [-0.2, 0) is 0 Å². The number of nitrogen functional groups attached to an aromatic ring is 2. The first kappa shape index (κ1) is 11.9. The van der Waals surface area contributed by atoms with E-state index in [-0.39, 0.29) is 0 Å². The molecule has 0 radical (unpaired) electrons. The summed E-state index contributed by atoms with van der Waals surface area (Å²) in [6.45, 7) is 0. The van der Waals surface area contributed by atoms with Crippen LogP contribution in [-0.4, -0.2) is 9.97 Å². The van der Waals surface area contributed by atoms with Crippen LogP contribution in [0.15, 0.2) is 61.1 Å². The summed E-state index contributed by atoms with van der Waals surface area (Å²) in [7, 11) is 0. The Morgan fingerprint density at radius 2 is 1.56 bits per heavy atom. The van der Waals surface area contributed by atoms with E-state index in [0.29, 0.717) is 5.69 Å². The first-order chi connectivity index (χ1) is 8.75. The molecule has 0 amide bonds. The van der Waals surface area contributed by atoms with Gasteiger partial charge in [-0.2, -0.15) is 0 Å². The Labute approximate surface area is 105 Å². The molecule has 90 valence electrons. The maximum atomic E-state index is 5.56. The zero-order valence-electron chi connectivity index (χ0n) is 9.82. The van der Waals surface area contributed by atoms with Gasteiger partial charge in [-0.3, -0.25) is 9.97 Å². The average Bonchev–Trinajstić information content (AvgIpc) is 2.40. The minimum atomic E-state index is 0.712. The third-order valence-corrected chi connectivity index (χ3v) is 2.32. The van der Waals surface area contributed by atoms with Gasteiger partial charge in [-0.15, -0.1) is 0 Å². The summed E-state index contributed by atoms with van der Waals surface area (Å²) in [5, 5.41) is 1.09. The number of fused-ring (bicyclic) bond motifs is 1. The van der Waals surface area contributed by atoms with Crippen LogP contribution in [0.2, 0.25) is 0 Å². The third-order valence-electron chi connectivity index (χ3n) is 2.32. The predicted molar refractivity (Wildman–Crippen MR) is 74.8 cm³/mol. The van der Waals surface area contributed by atoms with E-state index in [9.17, 15) is 0 Å². The topological polar surface area (TPSA) is 77.8 Å². The van der Waals surface area contributed by atoms with Gasteiger partial charge in [0.15, 0.2) is 0 Å². The highest BCUT2D eigenvalue weighted by atomic mass is 14.7. The molecule has 0 saturated carbocycles. The summed E-state index contributed by atoms with van der Waals surface area (Å²) in [6.07, 6.45) is 4.99. The molecule has 0 fully saturated rings. The highest BCUT2D eigenvalue weighted by molar-refractivity contribution is 5.80. The van der Waals surface area contributed by atoms with E-state index in [2.05, 4.69) is 9.97 Å². The second-order valence-corrected chi connectivity index (χ2v) is 3.74. The summed E-state index contributed by atoms with van der Waals surface area (Å²) in [6, 6.07) is 13.3. The molecule has 0 saturated heterocycles. The van der Waals surface area contributed by atoms with E-state index >= 15 is 0 Å². The molecule has 0 atom stereocenters. The molecule has 3 rings (SSSR count). The number of benzene rings is 1. The molecule has 18 heavy (non-hydrogen) atoms. The lowest BCUT2D eigenvalue weighted by atomic mass is 10.2. The number of aromatic nitrogens is 2. The minimum absolute atomic E-state index is 0.712. The second kappa shape index (κ2) is 5.63. The van der Waals surface area contributed by atoms with Crippen molar-refractivity contribution in [1.29, 1.82) is 0 Å². The van der Waals surface area contributed by atoms with Crippen molar-refractivity contribution >= 4 is 22.3 Å². The molecular weight excluding hydrogens is 224 g/mol. The molecular formula is C14H14N4. The van der Waals surface area contributed by atoms with Crippen LogP contribution in [0.1, 0.15) is 0 Å². The van der Waals surface area contributed by atoms with Crippen LogP contribution in [0.5, 0.6) is 0 Å². The maximum absolute atomic E-state index is 5.56. The Hall–Kier alpha value is -2.62. The Morgan fingerprint density at radius 1 is 0.833 bits per heavy atom. The molecule has 4 heteroatoms. The molecule has 0 aliphatic rings. The molecule has 0 aliphatic heterocycles. The predicted octanol–water partition coefficient (Wildman–Crippen LogP) is 2.48. The molecule has 0 spiro atoms. The van der Waals surface area contributed by atoms with Crippen LogP contribution in [0.4, 0.5) is 11.4 Å². The fraction of sp³-hybridized carbons (Fsp3) is 0. The first-order valence-corrected chi connectivity index (χ1v) is 5.51. The Bertz CT molecular complexity index is 623. The number of para-hydroxylation sites is 1. The molecule has 3 aromatic rings. The molecule has 0 unspecified atom stereocenters. The van der Waals surface area contributed by atoms with Gasteiger partial charge in [0.1, 0.15) is 0 Å². The van der Waals surface area contributed by atoms with Crippen molar-refractivity contribution in [3.05, 3.63) is 61.1 Å². The van der Waals surface area contributed by atoms with Crippen LogP contribution in [0.25, 0.3) is 10.9 Å². The summed E-state index contributed by atoms with van der Waals surface area (Å²) in [5.41, 5.74) is 13.3. The first-order valence-electron chi connectivity index (χ1n) is 5.51. The van der Waals surface area contributed by atoms with E-state index in [0.717, 1.165) is 16.6 Å².